The third-order valence-electron chi connectivity index (χ3n) is 4.71. The number of nitrogens with zero attached hydrogens (tertiary/aromatic N) is 4. The van der Waals surface area contributed by atoms with E-state index < -0.39 is 5.97 Å². The first-order chi connectivity index (χ1) is 11.3. The third kappa shape index (κ3) is 3.58. The Morgan fingerprint density at radius 1 is 1.46 bits per heavy atom. The maximum Gasteiger partial charge on any atom is 0.358 e. The Morgan fingerprint density at radius 2 is 2.17 bits per heavy atom. The summed E-state index contributed by atoms with van der Waals surface area (Å²) in [6, 6.07) is 0.115. The molecular weight excluding hydrogens is 312 g/mol. The van der Waals surface area contributed by atoms with Crippen molar-refractivity contribution in [2.45, 2.75) is 59.2 Å². The van der Waals surface area contributed by atoms with Crippen LogP contribution in [0.4, 0.5) is 0 Å². The molecule has 1 fully saturated rings. The molecule has 1 saturated carbocycles. The van der Waals surface area contributed by atoms with Crippen molar-refractivity contribution in [2.75, 3.05) is 13.2 Å². The van der Waals surface area contributed by atoms with Crippen molar-refractivity contribution in [3.63, 3.8) is 0 Å². The highest BCUT2D eigenvalue weighted by Gasteiger charge is 2.52. The molecule has 1 aromatic rings. The number of amides is 1. The highest BCUT2D eigenvalue weighted by Crippen LogP contribution is 2.46. The lowest BCUT2D eigenvalue weighted by Crippen LogP contribution is -2.63. The van der Waals surface area contributed by atoms with E-state index >= 15 is 0 Å². The number of aromatic nitrogens is 3. The molecule has 1 N–H and O–H groups in total. The summed E-state index contributed by atoms with van der Waals surface area (Å²) in [6.45, 7) is 9.57. The molecule has 24 heavy (non-hydrogen) atoms. The van der Waals surface area contributed by atoms with Gasteiger partial charge in [-0.25, -0.2) is 9.48 Å². The van der Waals surface area contributed by atoms with E-state index in [1.54, 1.807) is 0 Å². The Balaban J connectivity index is 2.07. The van der Waals surface area contributed by atoms with Gasteiger partial charge in [-0.1, -0.05) is 26.0 Å². The van der Waals surface area contributed by atoms with Gasteiger partial charge in [0.1, 0.15) is 6.54 Å². The van der Waals surface area contributed by atoms with Gasteiger partial charge in [0, 0.05) is 24.6 Å². The van der Waals surface area contributed by atoms with Crippen LogP contribution in [-0.2, 0) is 16.1 Å². The van der Waals surface area contributed by atoms with E-state index in [9.17, 15) is 9.59 Å². The van der Waals surface area contributed by atoms with Gasteiger partial charge in [0.15, 0.2) is 5.69 Å². The second-order valence-electron chi connectivity index (χ2n) is 6.71. The number of hydrogen-bond donors (Lipinski definition) is 1. The fourth-order valence-corrected chi connectivity index (χ4v) is 3.28. The summed E-state index contributed by atoms with van der Waals surface area (Å²) < 4.78 is 7.03. The molecule has 8 nitrogen and oxygen atoms in total. The van der Waals surface area contributed by atoms with Gasteiger partial charge in [0.25, 0.3) is 0 Å². The largest absolute Gasteiger partial charge is 0.476 e. The number of carbonyl (C=O) groups excluding carboxylic acids is 1. The molecule has 1 aliphatic rings. The summed E-state index contributed by atoms with van der Waals surface area (Å²) in [4.78, 5) is 25.4. The van der Waals surface area contributed by atoms with Crippen LogP contribution in [0.25, 0.3) is 0 Å². The Hall–Kier alpha value is -1.96. The van der Waals surface area contributed by atoms with Crippen molar-refractivity contribution in [2.24, 2.45) is 5.41 Å². The van der Waals surface area contributed by atoms with Gasteiger partial charge in [-0.2, -0.15) is 0 Å². The predicted molar refractivity (Wildman–Crippen MR) is 86.6 cm³/mol. The standard InChI is InChI=1S/C16H26N4O4/c1-5-7-20(12-8-13(24-6-2)16(12,3)4)14(21)10-19-9-11(15(22)23)17-18-19/h9,12-13H,5-8,10H2,1-4H3,(H,22,23). The molecule has 0 aliphatic heterocycles. The zero-order valence-corrected chi connectivity index (χ0v) is 14.7. The first kappa shape index (κ1) is 18.4. The van der Waals surface area contributed by atoms with E-state index in [-0.39, 0.29) is 35.7 Å². The highest BCUT2D eigenvalue weighted by atomic mass is 16.5. The number of carbonyl (C=O) groups is 2. The first-order valence-electron chi connectivity index (χ1n) is 8.35. The summed E-state index contributed by atoms with van der Waals surface area (Å²) >= 11 is 0. The van der Waals surface area contributed by atoms with Crippen LogP contribution >= 0.6 is 0 Å². The minimum absolute atomic E-state index is 0.00778. The van der Waals surface area contributed by atoms with E-state index in [1.807, 2.05) is 18.7 Å². The normalized spacial score (nSPS) is 22.0. The molecule has 2 atom stereocenters. The lowest BCUT2D eigenvalue weighted by atomic mass is 9.63. The van der Waals surface area contributed by atoms with Gasteiger partial charge in [-0.15, -0.1) is 5.10 Å². The SMILES string of the molecule is CCCN(C(=O)Cn1cc(C(=O)O)nn1)C1CC(OCC)C1(C)C. The van der Waals surface area contributed by atoms with Crippen molar-refractivity contribution in [3.05, 3.63) is 11.9 Å². The Bertz CT molecular complexity index is 599. The summed E-state index contributed by atoms with van der Waals surface area (Å²) in [5, 5.41) is 16.1. The molecule has 134 valence electrons. The van der Waals surface area contributed by atoms with Gasteiger partial charge >= 0.3 is 5.97 Å². The van der Waals surface area contributed by atoms with E-state index in [1.165, 1.54) is 10.9 Å². The van der Waals surface area contributed by atoms with Crippen molar-refractivity contribution >= 4 is 11.9 Å². The van der Waals surface area contributed by atoms with Crippen LogP contribution in [0.2, 0.25) is 0 Å². The van der Waals surface area contributed by atoms with Gasteiger partial charge in [-0.05, 0) is 19.8 Å². The quantitative estimate of drug-likeness (QED) is 0.770. The molecule has 8 heteroatoms. The molecule has 0 aromatic carbocycles. The fourth-order valence-electron chi connectivity index (χ4n) is 3.28. The second-order valence-corrected chi connectivity index (χ2v) is 6.71. The average Bonchev–Trinajstić information content (AvgIpc) is 2.98. The molecule has 1 aliphatic carbocycles. The number of rotatable bonds is 8. The van der Waals surface area contributed by atoms with Crippen LogP contribution in [0, 0.1) is 5.41 Å². The molecule has 1 aromatic heterocycles. The molecule has 0 saturated heterocycles. The van der Waals surface area contributed by atoms with E-state index in [4.69, 9.17) is 9.84 Å². The van der Waals surface area contributed by atoms with Gasteiger partial charge in [0.05, 0.1) is 12.3 Å². The monoisotopic (exact) mass is 338 g/mol. The lowest BCUT2D eigenvalue weighted by Gasteiger charge is -2.55. The number of carboxylic acid groups (broad SMARTS) is 1. The van der Waals surface area contributed by atoms with Crippen LogP contribution in [-0.4, -0.2) is 62.2 Å². The number of ether oxygens (including phenoxy) is 1. The molecule has 2 unspecified atom stereocenters. The van der Waals surface area contributed by atoms with Crippen LogP contribution < -0.4 is 0 Å². The van der Waals surface area contributed by atoms with Crippen molar-refractivity contribution in [1.82, 2.24) is 19.9 Å². The molecule has 0 spiro atoms. The summed E-state index contributed by atoms with van der Waals surface area (Å²) in [5.41, 5.74) is -0.264. The van der Waals surface area contributed by atoms with Crippen LogP contribution in [0.5, 0.6) is 0 Å². The summed E-state index contributed by atoms with van der Waals surface area (Å²) in [7, 11) is 0. The fraction of sp³-hybridized carbons (Fsp3) is 0.750. The molecule has 2 rings (SSSR count). The van der Waals surface area contributed by atoms with Gasteiger partial charge < -0.3 is 14.7 Å². The highest BCUT2D eigenvalue weighted by molar-refractivity contribution is 5.84. The molecule has 0 radical (unpaired) electrons. The number of hydrogen-bond acceptors (Lipinski definition) is 5. The second kappa shape index (κ2) is 7.29. The maximum absolute atomic E-state index is 12.7. The minimum atomic E-state index is -1.15. The maximum atomic E-state index is 12.7. The van der Waals surface area contributed by atoms with Crippen LogP contribution in [0.15, 0.2) is 6.20 Å². The van der Waals surface area contributed by atoms with Crippen LogP contribution in [0.1, 0.15) is 51.0 Å². The van der Waals surface area contributed by atoms with E-state index in [0.717, 1.165) is 12.8 Å². The number of aromatic carboxylic acids is 1. The number of carboxylic acids is 1. The van der Waals surface area contributed by atoms with Crippen molar-refractivity contribution in [3.8, 4) is 0 Å². The zero-order valence-electron chi connectivity index (χ0n) is 14.7. The zero-order chi connectivity index (χ0) is 17.9. The van der Waals surface area contributed by atoms with Crippen molar-refractivity contribution in [1.29, 1.82) is 0 Å². The molecular formula is C16H26N4O4. The molecule has 0 bridgehead atoms. The van der Waals surface area contributed by atoms with Crippen molar-refractivity contribution < 1.29 is 19.4 Å². The smallest absolute Gasteiger partial charge is 0.358 e. The predicted octanol–water partition coefficient (Wildman–Crippen LogP) is 1.42. The Labute approximate surface area is 141 Å². The summed E-state index contributed by atoms with van der Waals surface area (Å²) in [5.74, 6) is -1.23. The van der Waals surface area contributed by atoms with E-state index in [0.29, 0.717) is 13.2 Å². The van der Waals surface area contributed by atoms with E-state index in [2.05, 4.69) is 24.2 Å². The lowest BCUT2D eigenvalue weighted by molar-refractivity contribution is -0.167. The molecule has 1 amide bonds. The van der Waals surface area contributed by atoms with Gasteiger partial charge in [-0.3, -0.25) is 4.79 Å². The topological polar surface area (TPSA) is 97.6 Å². The third-order valence-corrected chi connectivity index (χ3v) is 4.71. The minimum Gasteiger partial charge on any atom is -0.476 e. The Kier molecular flexibility index (Phi) is 5.58. The first-order valence-corrected chi connectivity index (χ1v) is 8.35. The molecule has 1 heterocycles. The Morgan fingerprint density at radius 3 is 2.67 bits per heavy atom. The average molecular weight is 338 g/mol. The summed E-state index contributed by atoms with van der Waals surface area (Å²) in [6.07, 6.45) is 3.11. The van der Waals surface area contributed by atoms with Crippen LogP contribution in [0.3, 0.4) is 0 Å². The van der Waals surface area contributed by atoms with Gasteiger partial charge in [0.2, 0.25) is 5.91 Å².